The van der Waals surface area contributed by atoms with Gasteiger partial charge in [0.2, 0.25) is 9.04 Å². The highest BCUT2D eigenvalue weighted by Gasteiger charge is 2.39. The third-order valence-electron chi connectivity index (χ3n) is 2.11. The second kappa shape index (κ2) is 5.31. The minimum absolute atomic E-state index is 0.330. The predicted octanol–water partition coefficient (Wildman–Crippen LogP) is 4.39. The first kappa shape index (κ1) is 14.2. The molecule has 0 N–H and O–H groups in total. The minimum atomic E-state index is -0.748. The molecule has 0 saturated heterocycles. The van der Waals surface area contributed by atoms with Crippen LogP contribution in [0.4, 0.5) is 0 Å². The van der Waals surface area contributed by atoms with Crippen LogP contribution < -0.4 is 0 Å². The molecule has 0 fully saturated rings. The second-order valence-electron chi connectivity index (χ2n) is 6.03. The standard InChI is InChI=1S/C12H27OSi/c1-8-9-10-13-14(11(2,3)4)12(5,6)7/h8-10H2,1-7H3. The van der Waals surface area contributed by atoms with Crippen molar-refractivity contribution in [3.8, 4) is 0 Å². The Morgan fingerprint density at radius 2 is 1.36 bits per heavy atom. The molecule has 0 amide bonds. The van der Waals surface area contributed by atoms with E-state index in [2.05, 4.69) is 48.5 Å². The summed E-state index contributed by atoms with van der Waals surface area (Å²) in [7, 11) is -0.748. The zero-order valence-electron chi connectivity index (χ0n) is 11.0. The van der Waals surface area contributed by atoms with Gasteiger partial charge < -0.3 is 4.43 Å². The summed E-state index contributed by atoms with van der Waals surface area (Å²) < 4.78 is 6.11. The molecule has 0 bridgehead atoms. The molecular formula is C12H27OSi. The van der Waals surface area contributed by atoms with Gasteiger partial charge in [0.25, 0.3) is 0 Å². The molecule has 0 aromatic heterocycles. The van der Waals surface area contributed by atoms with Gasteiger partial charge in [-0.3, -0.25) is 0 Å². The fraction of sp³-hybridized carbons (Fsp3) is 1.00. The van der Waals surface area contributed by atoms with Crippen LogP contribution >= 0.6 is 0 Å². The van der Waals surface area contributed by atoms with E-state index in [4.69, 9.17) is 4.43 Å². The highest BCUT2D eigenvalue weighted by atomic mass is 28.3. The monoisotopic (exact) mass is 215 g/mol. The number of hydrogen-bond donors (Lipinski definition) is 0. The average Bonchev–Trinajstić information content (AvgIpc) is 1.92. The van der Waals surface area contributed by atoms with Crippen LogP contribution in [0.3, 0.4) is 0 Å². The molecule has 0 spiro atoms. The number of hydrogen-bond acceptors (Lipinski definition) is 1. The van der Waals surface area contributed by atoms with Gasteiger partial charge in [0.1, 0.15) is 0 Å². The molecule has 0 unspecified atom stereocenters. The van der Waals surface area contributed by atoms with Crippen molar-refractivity contribution in [2.45, 2.75) is 71.4 Å². The summed E-state index contributed by atoms with van der Waals surface area (Å²) in [6.07, 6.45) is 2.42. The van der Waals surface area contributed by atoms with Crippen molar-refractivity contribution < 1.29 is 4.43 Å². The van der Waals surface area contributed by atoms with Crippen LogP contribution in [0.1, 0.15) is 61.3 Å². The summed E-state index contributed by atoms with van der Waals surface area (Å²) in [6, 6.07) is 0. The third kappa shape index (κ3) is 5.16. The van der Waals surface area contributed by atoms with Crippen LogP contribution in [0.2, 0.25) is 10.1 Å². The van der Waals surface area contributed by atoms with Crippen molar-refractivity contribution in [2.75, 3.05) is 6.61 Å². The smallest absolute Gasteiger partial charge is 0.222 e. The van der Waals surface area contributed by atoms with E-state index < -0.39 is 9.04 Å². The van der Waals surface area contributed by atoms with Crippen LogP contribution in [0.15, 0.2) is 0 Å². The van der Waals surface area contributed by atoms with Crippen molar-refractivity contribution in [1.82, 2.24) is 0 Å². The third-order valence-corrected chi connectivity index (χ3v) is 5.32. The van der Waals surface area contributed by atoms with Gasteiger partial charge in [-0.05, 0) is 16.5 Å². The first-order valence-corrected chi connectivity index (χ1v) is 7.11. The van der Waals surface area contributed by atoms with Gasteiger partial charge in [0.15, 0.2) is 0 Å². The van der Waals surface area contributed by atoms with Gasteiger partial charge in [0.05, 0.1) is 0 Å². The van der Waals surface area contributed by atoms with E-state index in [-0.39, 0.29) is 0 Å². The van der Waals surface area contributed by atoms with E-state index in [9.17, 15) is 0 Å². The quantitative estimate of drug-likeness (QED) is 0.499. The predicted molar refractivity (Wildman–Crippen MR) is 66.0 cm³/mol. The summed E-state index contributed by atoms with van der Waals surface area (Å²) in [5.41, 5.74) is 0. The highest BCUT2D eigenvalue weighted by molar-refractivity contribution is 6.58. The van der Waals surface area contributed by atoms with Crippen LogP contribution in [0.25, 0.3) is 0 Å². The molecule has 0 rings (SSSR count). The summed E-state index contributed by atoms with van der Waals surface area (Å²) >= 11 is 0. The molecule has 0 aliphatic heterocycles. The lowest BCUT2D eigenvalue weighted by Gasteiger charge is -2.37. The second-order valence-corrected chi connectivity index (χ2v) is 9.98. The minimum Gasteiger partial charge on any atom is -0.416 e. The molecule has 0 aromatic carbocycles. The summed E-state index contributed by atoms with van der Waals surface area (Å²) in [4.78, 5) is 0. The van der Waals surface area contributed by atoms with Gasteiger partial charge in [-0.25, -0.2) is 0 Å². The van der Waals surface area contributed by atoms with Crippen molar-refractivity contribution in [3.05, 3.63) is 0 Å². The Morgan fingerprint density at radius 3 is 1.64 bits per heavy atom. The van der Waals surface area contributed by atoms with Gasteiger partial charge in [-0.15, -0.1) is 0 Å². The van der Waals surface area contributed by atoms with Crippen LogP contribution in [0, 0.1) is 0 Å². The Bertz CT molecular complexity index is 139. The maximum Gasteiger partial charge on any atom is 0.222 e. The first-order chi connectivity index (χ1) is 6.19. The summed E-state index contributed by atoms with van der Waals surface area (Å²) in [5.74, 6) is 0. The van der Waals surface area contributed by atoms with Crippen molar-refractivity contribution in [2.24, 2.45) is 0 Å². The van der Waals surface area contributed by atoms with Crippen LogP contribution in [-0.2, 0) is 4.43 Å². The van der Waals surface area contributed by atoms with Crippen molar-refractivity contribution in [3.63, 3.8) is 0 Å². The first-order valence-electron chi connectivity index (χ1n) is 5.70. The molecule has 0 aliphatic carbocycles. The van der Waals surface area contributed by atoms with Crippen LogP contribution in [0.5, 0.6) is 0 Å². The Morgan fingerprint density at radius 1 is 0.929 bits per heavy atom. The molecule has 85 valence electrons. The zero-order valence-corrected chi connectivity index (χ0v) is 12.0. The Balaban J connectivity index is 4.28. The van der Waals surface area contributed by atoms with Crippen LogP contribution in [-0.4, -0.2) is 15.6 Å². The fourth-order valence-corrected chi connectivity index (χ4v) is 5.34. The number of unbranched alkanes of at least 4 members (excludes halogenated alkanes) is 1. The van der Waals surface area contributed by atoms with E-state index in [0.717, 1.165) is 6.61 Å². The Kier molecular flexibility index (Phi) is 5.38. The molecule has 2 heteroatoms. The summed E-state index contributed by atoms with van der Waals surface area (Å²) in [6.45, 7) is 17.0. The van der Waals surface area contributed by atoms with Gasteiger partial charge in [-0.1, -0.05) is 54.9 Å². The SMILES string of the molecule is CCCCO[Si](C(C)(C)C)C(C)(C)C. The lowest BCUT2D eigenvalue weighted by Crippen LogP contribution is -2.38. The molecule has 14 heavy (non-hydrogen) atoms. The lowest BCUT2D eigenvalue weighted by atomic mass is 10.2. The molecule has 0 atom stereocenters. The van der Waals surface area contributed by atoms with Crippen molar-refractivity contribution in [1.29, 1.82) is 0 Å². The van der Waals surface area contributed by atoms with E-state index in [1.807, 2.05) is 0 Å². The average molecular weight is 215 g/mol. The lowest BCUT2D eigenvalue weighted by molar-refractivity contribution is 0.276. The molecular weight excluding hydrogens is 188 g/mol. The highest BCUT2D eigenvalue weighted by Crippen LogP contribution is 2.42. The zero-order chi connectivity index (χ0) is 11.4. The largest absolute Gasteiger partial charge is 0.416 e. The van der Waals surface area contributed by atoms with Gasteiger partial charge in [-0.2, -0.15) is 0 Å². The van der Waals surface area contributed by atoms with E-state index in [1.54, 1.807) is 0 Å². The van der Waals surface area contributed by atoms with E-state index in [0.29, 0.717) is 10.1 Å². The van der Waals surface area contributed by atoms with Crippen molar-refractivity contribution >= 4 is 9.04 Å². The van der Waals surface area contributed by atoms with E-state index >= 15 is 0 Å². The maximum absolute atomic E-state index is 6.11. The summed E-state index contributed by atoms with van der Waals surface area (Å²) in [5, 5.41) is 0.660. The molecule has 1 radical (unpaired) electrons. The van der Waals surface area contributed by atoms with Gasteiger partial charge >= 0.3 is 0 Å². The molecule has 0 aliphatic rings. The molecule has 0 aromatic rings. The topological polar surface area (TPSA) is 9.23 Å². The van der Waals surface area contributed by atoms with E-state index in [1.165, 1.54) is 12.8 Å². The molecule has 1 nitrogen and oxygen atoms in total. The Hall–Kier alpha value is 0.177. The molecule has 0 heterocycles. The normalized spacial score (nSPS) is 13.7. The van der Waals surface area contributed by atoms with Gasteiger partial charge in [0, 0.05) is 6.61 Å². The molecule has 0 saturated carbocycles. The Labute approximate surface area is 92.0 Å². The maximum atomic E-state index is 6.11. The number of rotatable bonds is 4. The fourth-order valence-electron chi connectivity index (χ4n) is 1.88.